The predicted octanol–water partition coefficient (Wildman–Crippen LogP) is 2.43. The molecule has 0 bridgehead atoms. The second kappa shape index (κ2) is 6.29. The molecule has 0 saturated carbocycles. The van der Waals surface area contributed by atoms with Crippen molar-refractivity contribution in [2.24, 2.45) is 4.99 Å². The molecule has 2 atom stereocenters. The lowest BCUT2D eigenvalue weighted by Gasteiger charge is -2.34. The monoisotopic (exact) mass is 326 g/mol. The summed E-state index contributed by atoms with van der Waals surface area (Å²) in [6.45, 7) is 3.64. The summed E-state index contributed by atoms with van der Waals surface area (Å²) < 4.78 is 45.2. The van der Waals surface area contributed by atoms with Crippen LogP contribution in [0.3, 0.4) is 0 Å². The lowest BCUT2D eigenvalue weighted by molar-refractivity contribution is -0.145. The number of morpholine rings is 1. The van der Waals surface area contributed by atoms with Crippen LogP contribution in [0.2, 0.25) is 0 Å². The largest absolute Gasteiger partial charge is 0.429 e. The number of rotatable bonds is 2. The Morgan fingerprint density at radius 2 is 2.17 bits per heavy atom. The highest BCUT2D eigenvalue weighted by molar-refractivity contribution is 5.76. The third-order valence-corrected chi connectivity index (χ3v) is 3.77. The van der Waals surface area contributed by atoms with Gasteiger partial charge in [-0.2, -0.15) is 13.2 Å². The van der Waals surface area contributed by atoms with Crippen LogP contribution in [0.5, 0.6) is 0 Å². The maximum atomic E-state index is 13.2. The highest BCUT2D eigenvalue weighted by Crippen LogP contribution is 2.34. The summed E-state index contributed by atoms with van der Waals surface area (Å²) in [5, 5.41) is 3.19. The van der Waals surface area contributed by atoms with Gasteiger partial charge in [-0.3, -0.25) is 9.98 Å². The van der Waals surface area contributed by atoms with Crippen LogP contribution in [-0.4, -0.2) is 43.2 Å². The summed E-state index contributed by atoms with van der Waals surface area (Å²) in [4.78, 5) is 8.97. The van der Waals surface area contributed by atoms with Gasteiger partial charge in [0.2, 0.25) is 6.17 Å². The number of aliphatic imine (C=N–C) groups is 1. The smallest absolute Gasteiger partial charge is 0.369 e. The minimum absolute atomic E-state index is 0.174. The fourth-order valence-corrected chi connectivity index (χ4v) is 2.63. The van der Waals surface area contributed by atoms with Crippen LogP contribution in [0.15, 0.2) is 35.1 Å². The Hall–Kier alpha value is -1.93. The summed E-state index contributed by atoms with van der Waals surface area (Å²) in [7, 11) is 0. The highest BCUT2D eigenvalue weighted by Gasteiger charge is 2.45. The van der Waals surface area contributed by atoms with Crippen molar-refractivity contribution in [2.45, 2.75) is 25.4 Å². The van der Waals surface area contributed by atoms with Gasteiger partial charge < -0.3 is 15.0 Å². The predicted molar refractivity (Wildman–Crippen MR) is 80.4 cm³/mol. The lowest BCUT2D eigenvalue weighted by Crippen LogP contribution is -2.45. The summed E-state index contributed by atoms with van der Waals surface area (Å²) in [6, 6.07) is 3.32. The molecular weight excluding hydrogens is 309 g/mol. The number of nitrogens with one attached hydrogen (secondary N) is 1. The van der Waals surface area contributed by atoms with E-state index in [4.69, 9.17) is 4.74 Å². The van der Waals surface area contributed by atoms with Gasteiger partial charge in [0.25, 0.3) is 0 Å². The van der Waals surface area contributed by atoms with Crippen LogP contribution in [0.1, 0.15) is 18.7 Å². The first-order valence-electron chi connectivity index (χ1n) is 7.31. The Balaban J connectivity index is 1.85. The number of aromatic nitrogens is 1. The molecule has 0 radical (unpaired) electrons. The van der Waals surface area contributed by atoms with Gasteiger partial charge in [-0.05, 0) is 25.1 Å². The Kier molecular flexibility index (Phi) is 4.36. The average molecular weight is 326 g/mol. The minimum atomic E-state index is -4.46. The number of nitrogens with zero attached hydrogens (tertiary/aromatic N) is 3. The van der Waals surface area contributed by atoms with Gasteiger partial charge >= 0.3 is 6.18 Å². The molecule has 1 N–H and O–H groups in total. The number of allylic oxidation sites excluding steroid dienone is 2. The second-order valence-corrected chi connectivity index (χ2v) is 5.40. The van der Waals surface area contributed by atoms with Crippen molar-refractivity contribution in [1.82, 2.24) is 10.3 Å². The molecular formula is C15H17F3N4O. The van der Waals surface area contributed by atoms with Crippen LogP contribution >= 0.6 is 0 Å². The molecule has 3 rings (SSSR count). The number of halogens is 3. The van der Waals surface area contributed by atoms with Gasteiger partial charge in [0.05, 0.1) is 24.2 Å². The first-order valence-corrected chi connectivity index (χ1v) is 7.31. The van der Waals surface area contributed by atoms with Gasteiger partial charge in [-0.25, -0.2) is 0 Å². The zero-order chi connectivity index (χ0) is 16.4. The van der Waals surface area contributed by atoms with Crippen LogP contribution in [-0.2, 0) is 4.74 Å². The molecule has 0 spiro atoms. The summed E-state index contributed by atoms with van der Waals surface area (Å²) in [6.07, 6.45) is -2.39. The van der Waals surface area contributed by atoms with E-state index in [1.165, 1.54) is 12.4 Å². The summed E-state index contributed by atoms with van der Waals surface area (Å²) >= 11 is 0. The van der Waals surface area contributed by atoms with Crippen molar-refractivity contribution >= 4 is 11.9 Å². The molecule has 23 heavy (non-hydrogen) atoms. The van der Waals surface area contributed by atoms with Crippen LogP contribution in [0.25, 0.3) is 0 Å². The lowest BCUT2D eigenvalue weighted by atomic mass is 10.2. The molecule has 8 heteroatoms. The molecule has 0 aliphatic carbocycles. The van der Waals surface area contributed by atoms with Crippen molar-refractivity contribution < 1.29 is 17.9 Å². The molecule has 1 aromatic rings. The molecule has 5 nitrogen and oxygen atoms in total. The molecule has 1 fully saturated rings. The van der Waals surface area contributed by atoms with Gasteiger partial charge in [-0.1, -0.05) is 0 Å². The standard InChI is InChI=1S/C15H17F3N4O/c1-10-4-5-20-14(15(16,17)18)22(10)11-2-3-12(21-8-11)13-9-19-6-7-23-13/h2-5,8,13-14,19H,6-7,9H2,1H3/t13?,14-/m1/s1. The molecule has 2 aliphatic rings. The van der Waals surface area contributed by atoms with Gasteiger partial charge in [0.1, 0.15) is 6.10 Å². The topological polar surface area (TPSA) is 49.8 Å². The second-order valence-electron chi connectivity index (χ2n) is 5.40. The van der Waals surface area contributed by atoms with Gasteiger partial charge in [0.15, 0.2) is 0 Å². The van der Waals surface area contributed by atoms with Crippen LogP contribution in [0, 0.1) is 0 Å². The first-order chi connectivity index (χ1) is 11.0. The fourth-order valence-electron chi connectivity index (χ4n) is 2.63. The zero-order valence-electron chi connectivity index (χ0n) is 12.5. The minimum Gasteiger partial charge on any atom is -0.369 e. The number of hydrogen-bond donors (Lipinski definition) is 1. The van der Waals surface area contributed by atoms with E-state index >= 15 is 0 Å². The van der Waals surface area contributed by atoms with Gasteiger partial charge in [0, 0.05) is 25.0 Å². The number of pyridine rings is 1. The summed E-state index contributed by atoms with van der Waals surface area (Å²) in [5.74, 6) is 0. The Bertz CT molecular complexity index is 606. The fraction of sp³-hybridized carbons (Fsp3) is 0.467. The molecule has 1 unspecified atom stereocenters. The Morgan fingerprint density at radius 1 is 1.35 bits per heavy atom. The Morgan fingerprint density at radius 3 is 2.78 bits per heavy atom. The molecule has 1 aromatic heterocycles. The molecule has 2 aliphatic heterocycles. The highest BCUT2D eigenvalue weighted by atomic mass is 19.4. The number of alkyl halides is 3. The SMILES string of the molecule is CC1=CC=N[C@@H](C(F)(F)F)N1c1ccc(C2CNCCO2)nc1. The zero-order valence-corrected chi connectivity index (χ0v) is 12.5. The third-order valence-electron chi connectivity index (χ3n) is 3.77. The molecule has 0 amide bonds. The van der Waals surface area contributed by atoms with E-state index in [-0.39, 0.29) is 6.10 Å². The van der Waals surface area contributed by atoms with Crippen molar-refractivity contribution in [3.63, 3.8) is 0 Å². The normalized spacial score (nSPS) is 25.4. The molecule has 3 heterocycles. The van der Waals surface area contributed by atoms with Crippen molar-refractivity contribution in [3.8, 4) is 0 Å². The number of ether oxygens (including phenoxy) is 1. The maximum absolute atomic E-state index is 13.2. The number of anilines is 1. The van der Waals surface area contributed by atoms with Crippen molar-refractivity contribution in [3.05, 3.63) is 35.8 Å². The average Bonchev–Trinajstić information content (AvgIpc) is 2.55. The van der Waals surface area contributed by atoms with Crippen LogP contribution in [0.4, 0.5) is 18.9 Å². The summed E-state index contributed by atoms with van der Waals surface area (Å²) in [5.41, 5.74) is 1.52. The van der Waals surface area contributed by atoms with E-state index in [0.717, 1.165) is 11.4 Å². The van der Waals surface area contributed by atoms with E-state index in [1.807, 2.05) is 0 Å². The Labute approximate surface area is 131 Å². The quantitative estimate of drug-likeness (QED) is 0.907. The van der Waals surface area contributed by atoms with Crippen LogP contribution < -0.4 is 10.2 Å². The van der Waals surface area contributed by atoms with Crippen molar-refractivity contribution in [2.75, 3.05) is 24.6 Å². The first kappa shape index (κ1) is 15.9. The molecule has 0 aromatic carbocycles. The van der Waals surface area contributed by atoms with E-state index in [0.29, 0.717) is 30.2 Å². The maximum Gasteiger partial charge on any atom is 0.429 e. The van der Waals surface area contributed by atoms with Gasteiger partial charge in [-0.15, -0.1) is 0 Å². The number of hydrogen-bond acceptors (Lipinski definition) is 5. The van der Waals surface area contributed by atoms with E-state index in [2.05, 4.69) is 15.3 Å². The molecule has 124 valence electrons. The third kappa shape index (κ3) is 3.37. The van der Waals surface area contributed by atoms with Crippen molar-refractivity contribution in [1.29, 1.82) is 0 Å². The van der Waals surface area contributed by atoms with E-state index < -0.39 is 12.3 Å². The van der Waals surface area contributed by atoms with E-state index in [9.17, 15) is 13.2 Å². The molecule has 1 saturated heterocycles. The van der Waals surface area contributed by atoms with E-state index in [1.54, 1.807) is 25.1 Å².